The summed E-state index contributed by atoms with van der Waals surface area (Å²) < 4.78 is 0. The van der Waals surface area contributed by atoms with Crippen LogP contribution in [0.2, 0.25) is 0 Å². The molecule has 0 aromatic carbocycles. The molecule has 0 bridgehead atoms. The molecule has 0 fully saturated rings. The van der Waals surface area contributed by atoms with Crippen molar-refractivity contribution in [1.29, 1.82) is 0 Å². The Morgan fingerprint density at radius 1 is 0.889 bits per heavy atom. The topological polar surface area (TPSA) is 34.1 Å². The Hall–Kier alpha value is -0.660. The Kier molecular flexibility index (Phi) is 8.13. The van der Waals surface area contributed by atoms with Crippen molar-refractivity contribution in [3.63, 3.8) is 0 Å². The average molecular weight is 254 g/mol. The van der Waals surface area contributed by atoms with Crippen LogP contribution in [0.15, 0.2) is 0 Å². The Labute approximate surface area is 113 Å². The van der Waals surface area contributed by atoms with Gasteiger partial charge in [0.05, 0.1) is 0 Å². The van der Waals surface area contributed by atoms with Crippen molar-refractivity contribution in [3.8, 4) is 0 Å². The third kappa shape index (κ3) is 6.93. The molecule has 0 aliphatic heterocycles. The van der Waals surface area contributed by atoms with E-state index in [2.05, 4.69) is 13.8 Å². The highest BCUT2D eigenvalue weighted by Gasteiger charge is 2.22. The zero-order valence-electron chi connectivity index (χ0n) is 13.0. The normalized spacial score (nSPS) is 13.4. The molecule has 0 unspecified atom stereocenters. The van der Waals surface area contributed by atoms with E-state index in [1.54, 1.807) is 0 Å². The molecular formula is C16H30O2. The third-order valence-electron chi connectivity index (χ3n) is 3.35. The van der Waals surface area contributed by atoms with Gasteiger partial charge < -0.3 is 0 Å². The Balaban J connectivity index is 4.25. The molecule has 0 spiro atoms. The lowest BCUT2D eigenvalue weighted by Gasteiger charge is -2.19. The number of carbonyl (C=O) groups excluding carboxylic acids is 2. The van der Waals surface area contributed by atoms with Crippen molar-refractivity contribution in [1.82, 2.24) is 0 Å². The average Bonchev–Trinajstić information content (AvgIpc) is 2.25. The monoisotopic (exact) mass is 254 g/mol. The molecule has 0 aromatic heterocycles. The molecule has 0 aliphatic rings. The van der Waals surface area contributed by atoms with Crippen molar-refractivity contribution in [2.24, 2.45) is 23.7 Å². The summed E-state index contributed by atoms with van der Waals surface area (Å²) in [6.45, 7) is 12.1. The molecular weight excluding hydrogens is 224 g/mol. The van der Waals surface area contributed by atoms with Crippen LogP contribution in [0.4, 0.5) is 0 Å². The van der Waals surface area contributed by atoms with Crippen LogP contribution >= 0.6 is 0 Å². The minimum Gasteiger partial charge on any atom is -0.299 e. The van der Waals surface area contributed by atoms with Gasteiger partial charge in [0, 0.05) is 24.2 Å². The SMILES string of the molecule is CC(C)C[C@H](CCCC(=O)C(C)C)C(=O)C(C)C. The number of rotatable bonds is 9. The van der Waals surface area contributed by atoms with Crippen molar-refractivity contribution < 1.29 is 9.59 Å². The van der Waals surface area contributed by atoms with E-state index in [1.165, 1.54) is 0 Å². The van der Waals surface area contributed by atoms with Crippen LogP contribution in [0.5, 0.6) is 0 Å². The fourth-order valence-corrected chi connectivity index (χ4v) is 2.23. The summed E-state index contributed by atoms with van der Waals surface area (Å²) in [6.07, 6.45) is 3.30. The van der Waals surface area contributed by atoms with E-state index in [0.717, 1.165) is 19.3 Å². The lowest BCUT2D eigenvalue weighted by molar-refractivity contribution is -0.127. The van der Waals surface area contributed by atoms with Crippen LogP contribution in [-0.2, 0) is 9.59 Å². The standard InChI is InChI=1S/C16H30O2/c1-11(2)10-14(16(18)13(5)6)8-7-9-15(17)12(3)4/h11-14H,7-10H2,1-6H3/t14-/m0/s1. The van der Waals surface area contributed by atoms with E-state index in [4.69, 9.17) is 0 Å². The predicted octanol–water partition coefficient (Wildman–Crippen LogP) is 4.27. The van der Waals surface area contributed by atoms with Gasteiger partial charge in [-0.05, 0) is 25.2 Å². The van der Waals surface area contributed by atoms with Gasteiger partial charge in [0.1, 0.15) is 11.6 Å². The lowest BCUT2D eigenvalue weighted by Crippen LogP contribution is -2.22. The summed E-state index contributed by atoms with van der Waals surface area (Å²) in [4.78, 5) is 23.7. The molecule has 106 valence electrons. The van der Waals surface area contributed by atoms with E-state index in [1.807, 2.05) is 27.7 Å². The summed E-state index contributed by atoms with van der Waals surface area (Å²) in [5.74, 6) is 1.59. The first-order valence-corrected chi connectivity index (χ1v) is 7.32. The van der Waals surface area contributed by atoms with Crippen molar-refractivity contribution in [2.75, 3.05) is 0 Å². The first-order chi connectivity index (χ1) is 8.25. The molecule has 1 atom stereocenters. The summed E-state index contributed by atoms with van der Waals surface area (Å²) in [7, 11) is 0. The van der Waals surface area contributed by atoms with E-state index in [9.17, 15) is 9.59 Å². The van der Waals surface area contributed by atoms with E-state index >= 15 is 0 Å². The minimum absolute atomic E-state index is 0.106. The third-order valence-corrected chi connectivity index (χ3v) is 3.35. The van der Waals surface area contributed by atoms with Gasteiger partial charge in [0.15, 0.2) is 0 Å². The quantitative estimate of drug-likeness (QED) is 0.616. The lowest BCUT2D eigenvalue weighted by atomic mass is 9.84. The van der Waals surface area contributed by atoms with E-state index < -0.39 is 0 Å². The van der Waals surface area contributed by atoms with Crippen LogP contribution in [0.1, 0.15) is 67.2 Å². The van der Waals surface area contributed by atoms with Crippen LogP contribution in [0.25, 0.3) is 0 Å². The van der Waals surface area contributed by atoms with Crippen LogP contribution in [0, 0.1) is 23.7 Å². The zero-order chi connectivity index (χ0) is 14.3. The zero-order valence-corrected chi connectivity index (χ0v) is 13.0. The van der Waals surface area contributed by atoms with Gasteiger partial charge in [-0.1, -0.05) is 41.5 Å². The first-order valence-electron chi connectivity index (χ1n) is 7.32. The number of hydrogen-bond acceptors (Lipinski definition) is 2. The van der Waals surface area contributed by atoms with Gasteiger partial charge in [-0.3, -0.25) is 9.59 Å². The Morgan fingerprint density at radius 2 is 1.44 bits per heavy atom. The van der Waals surface area contributed by atoms with Gasteiger partial charge >= 0.3 is 0 Å². The number of Topliss-reactive ketones (excluding diaryl/α,β-unsaturated/α-hetero) is 2. The van der Waals surface area contributed by atoms with Crippen LogP contribution < -0.4 is 0 Å². The molecule has 2 nitrogen and oxygen atoms in total. The van der Waals surface area contributed by atoms with Crippen molar-refractivity contribution in [3.05, 3.63) is 0 Å². The molecule has 0 aliphatic carbocycles. The predicted molar refractivity (Wildman–Crippen MR) is 76.5 cm³/mol. The molecule has 0 radical (unpaired) electrons. The molecule has 0 heterocycles. The fourth-order valence-electron chi connectivity index (χ4n) is 2.23. The van der Waals surface area contributed by atoms with E-state index in [-0.39, 0.29) is 17.8 Å². The first kappa shape index (κ1) is 17.3. The second-order valence-electron chi connectivity index (χ2n) is 6.40. The summed E-state index contributed by atoms with van der Waals surface area (Å²) in [6, 6.07) is 0. The molecule has 2 heteroatoms. The second kappa shape index (κ2) is 8.44. The van der Waals surface area contributed by atoms with Crippen molar-refractivity contribution >= 4 is 11.6 Å². The van der Waals surface area contributed by atoms with Crippen LogP contribution in [0.3, 0.4) is 0 Å². The minimum atomic E-state index is 0.106. The summed E-state index contributed by atoms with van der Waals surface area (Å²) >= 11 is 0. The smallest absolute Gasteiger partial charge is 0.138 e. The highest BCUT2D eigenvalue weighted by molar-refractivity contribution is 5.83. The van der Waals surface area contributed by atoms with Crippen molar-refractivity contribution in [2.45, 2.75) is 67.2 Å². The summed E-state index contributed by atoms with van der Waals surface area (Å²) in [5.41, 5.74) is 0. The number of ketones is 2. The maximum atomic E-state index is 12.1. The molecule has 0 saturated carbocycles. The maximum Gasteiger partial charge on any atom is 0.138 e. The van der Waals surface area contributed by atoms with Crippen LogP contribution in [-0.4, -0.2) is 11.6 Å². The molecule has 0 saturated heterocycles. The molecule has 0 rings (SSSR count). The number of carbonyl (C=O) groups is 2. The second-order valence-corrected chi connectivity index (χ2v) is 6.40. The number of hydrogen-bond donors (Lipinski definition) is 0. The Bertz CT molecular complexity index is 264. The fraction of sp³-hybridized carbons (Fsp3) is 0.875. The molecule has 0 amide bonds. The van der Waals surface area contributed by atoms with Gasteiger partial charge in [-0.2, -0.15) is 0 Å². The van der Waals surface area contributed by atoms with Gasteiger partial charge in [0.25, 0.3) is 0 Å². The molecule has 0 aromatic rings. The van der Waals surface area contributed by atoms with Gasteiger partial charge in [-0.25, -0.2) is 0 Å². The molecule has 18 heavy (non-hydrogen) atoms. The van der Waals surface area contributed by atoms with Gasteiger partial charge in [-0.15, -0.1) is 0 Å². The summed E-state index contributed by atoms with van der Waals surface area (Å²) in [5, 5.41) is 0. The maximum absolute atomic E-state index is 12.1. The Morgan fingerprint density at radius 3 is 1.83 bits per heavy atom. The molecule has 0 N–H and O–H groups in total. The largest absolute Gasteiger partial charge is 0.299 e. The highest BCUT2D eigenvalue weighted by atomic mass is 16.1. The highest BCUT2D eigenvalue weighted by Crippen LogP contribution is 2.22. The van der Waals surface area contributed by atoms with E-state index in [0.29, 0.717) is 23.9 Å². The van der Waals surface area contributed by atoms with Gasteiger partial charge in [0.2, 0.25) is 0 Å².